The number of oxazole rings is 1. The first-order chi connectivity index (χ1) is 10.6. The van der Waals surface area contributed by atoms with Crippen LogP contribution in [0.25, 0.3) is 11.5 Å². The Kier molecular flexibility index (Phi) is 3.73. The van der Waals surface area contributed by atoms with Crippen molar-refractivity contribution in [1.82, 2.24) is 4.98 Å². The van der Waals surface area contributed by atoms with Gasteiger partial charge >= 0.3 is 0 Å². The molecule has 0 bridgehead atoms. The number of benzene rings is 1. The Hall–Kier alpha value is -2.53. The van der Waals surface area contributed by atoms with Crippen molar-refractivity contribution < 1.29 is 13.6 Å². The van der Waals surface area contributed by atoms with Crippen LogP contribution in [-0.4, -0.2) is 10.9 Å². The SMILES string of the molecule is Cc1ccc(-c2ocnc2C(=O)Nc2cccc(Cl)c2C)o1. The third-order valence-electron chi connectivity index (χ3n) is 3.26. The van der Waals surface area contributed by atoms with Crippen LogP contribution in [0.1, 0.15) is 21.8 Å². The van der Waals surface area contributed by atoms with Gasteiger partial charge in [-0.2, -0.15) is 0 Å². The van der Waals surface area contributed by atoms with Gasteiger partial charge in [-0.15, -0.1) is 0 Å². The third kappa shape index (κ3) is 2.63. The zero-order valence-electron chi connectivity index (χ0n) is 12.0. The van der Waals surface area contributed by atoms with E-state index in [-0.39, 0.29) is 11.6 Å². The number of carbonyl (C=O) groups excluding carboxylic acids is 1. The van der Waals surface area contributed by atoms with Gasteiger partial charge in [-0.25, -0.2) is 4.98 Å². The summed E-state index contributed by atoms with van der Waals surface area (Å²) < 4.78 is 10.8. The van der Waals surface area contributed by atoms with Gasteiger partial charge in [0.2, 0.25) is 5.76 Å². The normalized spacial score (nSPS) is 10.7. The van der Waals surface area contributed by atoms with Gasteiger partial charge in [-0.05, 0) is 43.7 Å². The molecule has 22 heavy (non-hydrogen) atoms. The van der Waals surface area contributed by atoms with E-state index in [1.165, 1.54) is 6.39 Å². The molecular weight excluding hydrogens is 304 g/mol. The molecule has 0 saturated carbocycles. The molecule has 0 unspecified atom stereocenters. The minimum atomic E-state index is -0.386. The molecule has 0 radical (unpaired) electrons. The largest absolute Gasteiger partial charge is 0.458 e. The second-order valence-corrected chi connectivity index (χ2v) is 5.21. The van der Waals surface area contributed by atoms with Gasteiger partial charge < -0.3 is 14.2 Å². The number of nitrogens with one attached hydrogen (secondary N) is 1. The van der Waals surface area contributed by atoms with E-state index in [2.05, 4.69) is 10.3 Å². The second-order valence-electron chi connectivity index (χ2n) is 4.81. The van der Waals surface area contributed by atoms with Gasteiger partial charge in [0.25, 0.3) is 5.91 Å². The van der Waals surface area contributed by atoms with Crippen LogP contribution in [0.2, 0.25) is 5.02 Å². The summed E-state index contributed by atoms with van der Waals surface area (Å²) in [6, 6.07) is 8.83. The van der Waals surface area contributed by atoms with Crippen LogP contribution in [0.15, 0.2) is 45.6 Å². The van der Waals surface area contributed by atoms with Crippen molar-refractivity contribution in [2.75, 3.05) is 5.32 Å². The highest BCUT2D eigenvalue weighted by molar-refractivity contribution is 6.31. The molecule has 0 aliphatic rings. The number of rotatable bonds is 3. The fraction of sp³-hybridized carbons (Fsp3) is 0.125. The summed E-state index contributed by atoms with van der Waals surface area (Å²) in [6.45, 7) is 3.65. The molecule has 1 amide bonds. The Morgan fingerprint density at radius 3 is 2.77 bits per heavy atom. The van der Waals surface area contributed by atoms with Crippen LogP contribution in [0.3, 0.4) is 0 Å². The average Bonchev–Trinajstić information content (AvgIpc) is 3.12. The molecular formula is C16H13ClN2O3. The fourth-order valence-electron chi connectivity index (χ4n) is 2.06. The number of anilines is 1. The molecule has 112 valence electrons. The topological polar surface area (TPSA) is 68.3 Å². The highest BCUT2D eigenvalue weighted by Gasteiger charge is 2.21. The van der Waals surface area contributed by atoms with Crippen LogP contribution in [-0.2, 0) is 0 Å². The van der Waals surface area contributed by atoms with Gasteiger partial charge in [0, 0.05) is 10.7 Å². The highest BCUT2D eigenvalue weighted by atomic mass is 35.5. The maximum Gasteiger partial charge on any atom is 0.278 e. The number of nitrogens with zero attached hydrogens (tertiary/aromatic N) is 1. The van der Waals surface area contributed by atoms with E-state index < -0.39 is 0 Å². The lowest BCUT2D eigenvalue weighted by molar-refractivity contribution is 0.102. The fourth-order valence-corrected chi connectivity index (χ4v) is 2.24. The van der Waals surface area contributed by atoms with Crippen molar-refractivity contribution >= 4 is 23.2 Å². The van der Waals surface area contributed by atoms with E-state index in [9.17, 15) is 4.79 Å². The number of aromatic nitrogens is 1. The summed E-state index contributed by atoms with van der Waals surface area (Å²) in [6.07, 6.45) is 1.22. The van der Waals surface area contributed by atoms with Crippen LogP contribution >= 0.6 is 11.6 Å². The molecule has 1 N–H and O–H groups in total. The molecule has 0 atom stereocenters. The molecule has 0 spiro atoms. The van der Waals surface area contributed by atoms with Crippen LogP contribution in [0, 0.1) is 13.8 Å². The molecule has 5 nitrogen and oxygen atoms in total. The molecule has 6 heteroatoms. The molecule has 3 rings (SSSR count). The number of carbonyl (C=O) groups is 1. The standard InChI is InChI=1S/C16H13ClN2O3/c1-9-6-7-13(22-9)15-14(18-8-21-15)16(20)19-12-5-3-4-11(17)10(12)2/h3-8H,1-2H3,(H,19,20). The number of halogens is 1. The summed E-state index contributed by atoms with van der Waals surface area (Å²) in [5.41, 5.74) is 1.58. The van der Waals surface area contributed by atoms with E-state index in [1.807, 2.05) is 13.8 Å². The van der Waals surface area contributed by atoms with Crippen LogP contribution < -0.4 is 5.32 Å². The lowest BCUT2D eigenvalue weighted by atomic mass is 10.2. The Bertz CT molecular complexity index is 836. The summed E-state index contributed by atoms with van der Waals surface area (Å²) in [4.78, 5) is 16.4. The predicted octanol–water partition coefficient (Wildman–Crippen LogP) is 4.46. The van der Waals surface area contributed by atoms with E-state index in [1.54, 1.807) is 30.3 Å². The number of aryl methyl sites for hydroxylation is 1. The average molecular weight is 317 g/mol. The molecule has 1 aromatic carbocycles. The molecule has 0 fully saturated rings. The van der Waals surface area contributed by atoms with Crippen molar-refractivity contribution in [1.29, 1.82) is 0 Å². The predicted molar refractivity (Wildman–Crippen MR) is 83.1 cm³/mol. The van der Waals surface area contributed by atoms with E-state index >= 15 is 0 Å². The quantitative estimate of drug-likeness (QED) is 0.774. The molecule has 0 aliphatic heterocycles. The number of amides is 1. The number of hydrogen-bond donors (Lipinski definition) is 1. The molecule has 0 aliphatic carbocycles. The van der Waals surface area contributed by atoms with E-state index in [4.69, 9.17) is 20.4 Å². The molecule has 2 aromatic heterocycles. The minimum Gasteiger partial charge on any atom is -0.458 e. The van der Waals surface area contributed by atoms with E-state index in [0.29, 0.717) is 22.2 Å². The maximum atomic E-state index is 12.4. The van der Waals surface area contributed by atoms with Gasteiger partial charge in [0.15, 0.2) is 17.8 Å². The van der Waals surface area contributed by atoms with Crippen molar-refractivity contribution in [3.05, 3.63) is 58.8 Å². The first-order valence-electron chi connectivity index (χ1n) is 6.63. The second kappa shape index (κ2) is 5.69. The van der Waals surface area contributed by atoms with Crippen molar-refractivity contribution in [2.24, 2.45) is 0 Å². The zero-order chi connectivity index (χ0) is 15.7. The highest BCUT2D eigenvalue weighted by Crippen LogP contribution is 2.27. The first-order valence-corrected chi connectivity index (χ1v) is 7.01. The van der Waals surface area contributed by atoms with Crippen LogP contribution in [0.4, 0.5) is 5.69 Å². The Labute approximate surface area is 131 Å². The first kappa shape index (κ1) is 14.4. The van der Waals surface area contributed by atoms with Crippen molar-refractivity contribution in [3.63, 3.8) is 0 Å². The summed E-state index contributed by atoms with van der Waals surface area (Å²) in [7, 11) is 0. The number of hydrogen-bond acceptors (Lipinski definition) is 4. The van der Waals surface area contributed by atoms with Crippen molar-refractivity contribution in [3.8, 4) is 11.5 Å². The Balaban J connectivity index is 1.91. The lowest BCUT2D eigenvalue weighted by Crippen LogP contribution is -2.14. The molecule has 0 saturated heterocycles. The summed E-state index contributed by atoms with van der Waals surface area (Å²) >= 11 is 6.05. The van der Waals surface area contributed by atoms with Gasteiger partial charge in [0.05, 0.1) is 0 Å². The summed E-state index contributed by atoms with van der Waals surface area (Å²) in [5, 5.41) is 3.37. The van der Waals surface area contributed by atoms with E-state index in [0.717, 1.165) is 11.3 Å². The maximum absolute atomic E-state index is 12.4. The van der Waals surface area contributed by atoms with Gasteiger partial charge in [0.1, 0.15) is 5.76 Å². The summed E-state index contributed by atoms with van der Waals surface area (Å²) in [5.74, 6) is 1.10. The molecule has 3 aromatic rings. The van der Waals surface area contributed by atoms with Gasteiger partial charge in [-0.3, -0.25) is 4.79 Å². The Morgan fingerprint density at radius 2 is 2.05 bits per heavy atom. The minimum absolute atomic E-state index is 0.161. The number of furan rings is 1. The van der Waals surface area contributed by atoms with Crippen LogP contribution in [0.5, 0.6) is 0 Å². The Morgan fingerprint density at radius 1 is 1.23 bits per heavy atom. The van der Waals surface area contributed by atoms with Crippen molar-refractivity contribution in [2.45, 2.75) is 13.8 Å². The zero-order valence-corrected chi connectivity index (χ0v) is 12.8. The van der Waals surface area contributed by atoms with Gasteiger partial charge in [-0.1, -0.05) is 17.7 Å². The lowest BCUT2D eigenvalue weighted by Gasteiger charge is -2.08. The monoisotopic (exact) mass is 316 g/mol. The third-order valence-corrected chi connectivity index (χ3v) is 3.67. The smallest absolute Gasteiger partial charge is 0.278 e. The molecule has 2 heterocycles.